The van der Waals surface area contributed by atoms with Crippen LogP contribution in [0.4, 0.5) is 0 Å². The summed E-state index contributed by atoms with van der Waals surface area (Å²) in [5.74, 6) is 0. The summed E-state index contributed by atoms with van der Waals surface area (Å²) in [5.41, 5.74) is 4.47. The zero-order chi connectivity index (χ0) is 18.3. The molecular weight excluding hydrogens is 328 g/mol. The van der Waals surface area contributed by atoms with E-state index in [0.29, 0.717) is 0 Å². The van der Waals surface area contributed by atoms with Gasteiger partial charge in [0, 0.05) is 22.7 Å². The Labute approximate surface area is 158 Å². The van der Waals surface area contributed by atoms with E-state index >= 15 is 0 Å². The Morgan fingerprint density at radius 3 is 1.85 bits per heavy atom. The van der Waals surface area contributed by atoms with Crippen molar-refractivity contribution in [1.82, 2.24) is 9.97 Å². The molecule has 0 radical (unpaired) electrons. The first-order valence-electron chi connectivity index (χ1n) is 8.99. The van der Waals surface area contributed by atoms with E-state index in [1.54, 1.807) is 0 Å². The van der Waals surface area contributed by atoms with Crippen LogP contribution in [-0.4, -0.2) is 9.97 Å². The van der Waals surface area contributed by atoms with Gasteiger partial charge in [-0.15, -0.1) is 0 Å². The maximum Gasteiger partial charge on any atom is 0.0709 e. The number of para-hydroxylation sites is 2. The highest BCUT2D eigenvalue weighted by Gasteiger charge is 1.96. The van der Waals surface area contributed by atoms with Gasteiger partial charge < -0.3 is 4.98 Å². The number of rotatable bonds is 2. The molecule has 2 heteroatoms. The smallest absolute Gasteiger partial charge is 0.0709 e. The Balaban J connectivity index is 0.000000134. The van der Waals surface area contributed by atoms with Crippen LogP contribution in [-0.2, 0) is 0 Å². The average molecular weight is 348 g/mol. The topological polar surface area (TPSA) is 28.7 Å². The highest BCUT2D eigenvalue weighted by atomic mass is 14.7. The Hall–Kier alpha value is -3.65. The average Bonchev–Trinajstić information content (AvgIpc) is 3.26. The van der Waals surface area contributed by atoms with E-state index < -0.39 is 0 Å². The molecule has 0 amide bonds. The zero-order valence-corrected chi connectivity index (χ0v) is 14.9. The highest BCUT2D eigenvalue weighted by molar-refractivity contribution is 5.92. The van der Waals surface area contributed by atoms with Gasteiger partial charge in [0.05, 0.1) is 11.0 Å². The van der Waals surface area contributed by atoms with Crippen LogP contribution in [0.25, 0.3) is 34.0 Å². The molecule has 0 fully saturated rings. The number of hydrogen-bond acceptors (Lipinski definition) is 1. The van der Waals surface area contributed by atoms with Gasteiger partial charge in [0.25, 0.3) is 0 Å². The number of benzene rings is 3. The monoisotopic (exact) mass is 348 g/mol. The fourth-order valence-electron chi connectivity index (χ4n) is 2.92. The second-order valence-corrected chi connectivity index (χ2v) is 6.24. The third kappa shape index (κ3) is 4.31. The number of nitrogens with zero attached hydrogens (tertiary/aromatic N) is 1. The molecule has 5 rings (SSSR count). The summed E-state index contributed by atoms with van der Waals surface area (Å²) >= 11 is 0. The third-order valence-corrected chi connectivity index (χ3v) is 4.30. The van der Waals surface area contributed by atoms with Gasteiger partial charge in [0.1, 0.15) is 0 Å². The van der Waals surface area contributed by atoms with E-state index in [2.05, 4.69) is 52.5 Å². The van der Waals surface area contributed by atoms with Gasteiger partial charge in [-0.05, 0) is 42.0 Å². The molecule has 0 unspecified atom stereocenters. The first-order chi connectivity index (χ1) is 13.4. The van der Waals surface area contributed by atoms with Crippen molar-refractivity contribution < 1.29 is 0 Å². The van der Waals surface area contributed by atoms with Crippen molar-refractivity contribution in [2.24, 2.45) is 0 Å². The predicted molar refractivity (Wildman–Crippen MR) is 115 cm³/mol. The highest BCUT2D eigenvalue weighted by Crippen LogP contribution is 2.18. The lowest BCUT2D eigenvalue weighted by atomic mass is 10.1. The number of H-pyrrole nitrogens is 1. The predicted octanol–water partition coefficient (Wildman–Crippen LogP) is 6.57. The van der Waals surface area contributed by atoms with Crippen molar-refractivity contribution >= 4 is 34.0 Å². The standard InChI is InChI=1S/C13H9N.C12H11N/c1-3-7-12-10(5-1)9-11-6-2-4-8-13(11)14-12;1-2-5-11(6-3-1)8-9-12-7-4-10-13-12/h1-9H;1-10,13H. The molecule has 0 aliphatic heterocycles. The molecule has 3 aromatic carbocycles. The summed E-state index contributed by atoms with van der Waals surface area (Å²) in [4.78, 5) is 7.70. The first-order valence-corrected chi connectivity index (χ1v) is 8.99. The number of pyridine rings is 1. The summed E-state index contributed by atoms with van der Waals surface area (Å²) in [6.07, 6.45) is 6.08. The molecule has 0 atom stereocenters. The third-order valence-electron chi connectivity index (χ3n) is 4.30. The quantitative estimate of drug-likeness (QED) is 0.359. The fourth-order valence-corrected chi connectivity index (χ4v) is 2.92. The zero-order valence-electron chi connectivity index (χ0n) is 14.9. The first kappa shape index (κ1) is 16.8. The van der Waals surface area contributed by atoms with E-state index in [4.69, 9.17) is 0 Å². The molecule has 0 bridgehead atoms. The molecule has 0 saturated carbocycles. The van der Waals surface area contributed by atoms with Crippen molar-refractivity contribution in [3.63, 3.8) is 0 Å². The molecule has 2 aromatic heterocycles. The van der Waals surface area contributed by atoms with Crippen molar-refractivity contribution in [1.29, 1.82) is 0 Å². The molecule has 2 nitrogen and oxygen atoms in total. The van der Waals surface area contributed by atoms with Crippen molar-refractivity contribution in [2.75, 3.05) is 0 Å². The molecule has 27 heavy (non-hydrogen) atoms. The minimum Gasteiger partial charge on any atom is -0.362 e. The van der Waals surface area contributed by atoms with E-state index in [1.807, 2.05) is 72.9 Å². The Kier molecular flexibility index (Phi) is 5.07. The van der Waals surface area contributed by atoms with E-state index in [-0.39, 0.29) is 0 Å². The van der Waals surface area contributed by atoms with Gasteiger partial charge in [-0.25, -0.2) is 4.98 Å². The van der Waals surface area contributed by atoms with Crippen molar-refractivity contribution in [2.45, 2.75) is 0 Å². The van der Waals surface area contributed by atoms with Gasteiger partial charge in [-0.1, -0.05) is 72.8 Å². The normalized spacial score (nSPS) is 10.8. The lowest BCUT2D eigenvalue weighted by Crippen LogP contribution is -1.80. The fraction of sp³-hybridized carbons (Fsp3) is 0. The van der Waals surface area contributed by atoms with E-state index in [0.717, 1.165) is 16.7 Å². The van der Waals surface area contributed by atoms with Crippen LogP contribution in [0.5, 0.6) is 0 Å². The minimum atomic E-state index is 1.06. The van der Waals surface area contributed by atoms with Crippen LogP contribution < -0.4 is 0 Å². The van der Waals surface area contributed by atoms with Gasteiger partial charge >= 0.3 is 0 Å². The molecule has 0 aliphatic rings. The Morgan fingerprint density at radius 2 is 1.22 bits per heavy atom. The van der Waals surface area contributed by atoms with Crippen LogP contribution >= 0.6 is 0 Å². The molecule has 1 N–H and O–H groups in total. The maximum absolute atomic E-state index is 4.58. The van der Waals surface area contributed by atoms with Crippen LogP contribution in [0, 0.1) is 0 Å². The Bertz CT molecular complexity index is 1050. The maximum atomic E-state index is 4.58. The van der Waals surface area contributed by atoms with Gasteiger partial charge in [-0.3, -0.25) is 0 Å². The number of aromatic amines is 1. The molecule has 2 heterocycles. The minimum absolute atomic E-state index is 1.06. The van der Waals surface area contributed by atoms with Crippen molar-refractivity contribution in [3.05, 3.63) is 115 Å². The molecule has 0 saturated heterocycles. The molecule has 130 valence electrons. The molecule has 0 aliphatic carbocycles. The van der Waals surface area contributed by atoms with Gasteiger partial charge in [0.15, 0.2) is 0 Å². The summed E-state index contributed by atoms with van der Waals surface area (Å²) < 4.78 is 0. The van der Waals surface area contributed by atoms with Crippen LogP contribution in [0.2, 0.25) is 0 Å². The molecular formula is C25H20N2. The lowest BCUT2D eigenvalue weighted by Gasteiger charge is -1.99. The van der Waals surface area contributed by atoms with Crippen LogP contribution in [0.15, 0.2) is 103 Å². The Morgan fingerprint density at radius 1 is 0.593 bits per heavy atom. The number of nitrogens with one attached hydrogen (secondary N) is 1. The summed E-state index contributed by atoms with van der Waals surface area (Å²) in [5, 5.41) is 2.40. The summed E-state index contributed by atoms with van der Waals surface area (Å²) in [6, 6.07) is 32.9. The van der Waals surface area contributed by atoms with Crippen LogP contribution in [0.1, 0.15) is 11.3 Å². The van der Waals surface area contributed by atoms with Gasteiger partial charge in [-0.2, -0.15) is 0 Å². The molecule has 0 spiro atoms. The van der Waals surface area contributed by atoms with E-state index in [1.165, 1.54) is 16.3 Å². The van der Waals surface area contributed by atoms with E-state index in [9.17, 15) is 0 Å². The second kappa shape index (κ2) is 8.15. The number of fused-ring (bicyclic) bond motifs is 2. The summed E-state index contributed by atoms with van der Waals surface area (Å²) in [7, 11) is 0. The van der Waals surface area contributed by atoms with Gasteiger partial charge in [0.2, 0.25) is 0 Å². The number of aromatic nitrogens is 2. The lowest BCUT2D eigenvalue weighted by molar-refractivity contribution is 1.38. The number of hydrogen-bond donors (Lipinski definition) is 1. The molecule has 5 aromatic rings. The van der Waals surface area contributed by atoms with Crippen molar-refractivity contribution in [3.8, 4) is 0 Å². The summed E-state index contributed by atoms with van der Waals surface area (Å²) in [6.45, 7) is 0. The van der Waals surface area contributed by atoms with Crippen LogP contribution in [0.3, 0.4) is 0 Å². The SMILES string of the molecule is C(=Cc1ccc[nH]1)c1ccccc1.c1ccc2nc3ccccc3cc2c1. The second-order valence-electron chi connectivity index (χ2n) is 6.24. The largest absolute Gasteiger partial charge is 0.362 e.